The van der Waals surface area contributed by atoms with Crippen LogP contribution in [0, 0.1) is 28.9 Å². The number of amides is 1. The van der Waals surface area contributed by atoms with E-state index in [1.807, 2.05) is 0 Å². The second-order valence-corrected chi connectivity index (χ2v) is 5.23. The van der Waals surface area contributed by atoms with Gasteiger partial charge in [-0.3, -0.25) is 19.7 Å². The lowest BCUT2D eigenvalue weighted by Crippen LogP contribution is -2.30. The lowest BCUT2D eigenvalue weighted by Gasteiger charge is -2.16. The van der Waals surface area contributed by atoms with Gasteiger partial charge in [0.25, 0.3) is 5.69 Å². The number of non-ortho nitro benzene ring substituents is 1. The van der Waals surface area contributed by atoms with Crippen molar-refractivity contribution in [1.82, 2.24) is 0 Å². The minimum Gasteiger partial charge on any atom is -0.481 e. The Labute approximate surface area is 121 Å². The molecule has 0 heterocycles. The van der Waals surface area contributed by atoms with Crippen molar-refractivity contribution < 1.29 is 19.6 Å². The van der Waals surface area contributed by atoms with Gasteiger partial charge in [0.05, 0.1) is 16.8 Å². The molecule has 1 fully saturated rings. The zero-order chi connectivity index (χ0) is 15.6. The molecule has 1 saturated carbocycles. The normalized spacial score (nSPS) is 21.0. The molecule has 1 aromatic rings. The van der Waals surface area contributed by atoms with Crippen LogP contribution in [0.15, 0.2) is 18.2 Å². The summed E-state index contributed by atoms with van der Waals surface area (Å²) in [5.41, 5.74) is 0.999. The standard InChI is InChI=1S/C14H16N2O5/c1-8-7-9(16(20)21)5-6-12(8)15-13(17)10-3-2-4-11(10)14(18)19/h5-7,10-11H,2-4H2,1H3,(H,15,17)(H,18,19)/t10-,11+/m1/s1. The number of nitrogens with zero attached hydrogens (tertiary/aromatic N) is 1. The highest BCUT2D eigenvalue weighted by atomic mass is 16.6. The van der Waals surface area contributed by atoms with E-state index in [4.69, 9.17) is 5.11 Å². The lowest BCUT2D eigenvalue weighted by atomic mass is 9.95. The molecule has 1 aromatic carbocycles. The average molecular weight is 292 g/mol. The largest absolute Gasteiger partial charge is 0.481 e. The minimum absolute atomic E-state index is 0.0465. The molecule has 1 amide bonds. The molecule has 0 aliphatic heterocycles. The molecule has 0 spiro atoms. The van der Waals surface area contributed by atoms with Crippen LogP contribution in [0.3, 0.4) is 0 Å². The first-order chi connectivity index (χ1) is 9.90. The summed E-state index contributed by atoms with van der Waals surface area (Å²) >= 11 is 0. The highest BCUT2D eigenvalue weighted by Gasteiger charge is 2.37. The summed E-state index contributed by atoms with van der Waals surface area (Å²) in [5, 5.41) is 22.4. The first-order valence-corrected chi connectivity index (χ1v) is 6.69. The molecule has 1 aliphatic carbocycles. The Bertz CT molecular complexity index is 599. The molecule has 21 heavy (non-hydrogen) atoms. The number of aliphatic carboxylic acids is 1. The van der Waals surface area contributed by atoms with Gasteiger partial charge in [-0.05, 0) is 31.4 Å². The third-order valence-electron chi connectivity index (χ3n) is 3.85. The van der Waals surface area contributed by atoms with Gasteiger partial charge in [-0.1, -0.05) is 6.42 Å². The number of carboxylic acids is 1. The minimum atomic E-state index is -0.951. The van der Waals surface area contributed by atoms with Crippen molar-refractivity contribution in [2.45, 2.75) is 26.2 Å². The van der Waals surface area contributed by atoms with Crippen LogP contribution >= 0.6 is 0 Å². The number of hydrogen-bond donors (Lipinski definition) is 2. The molecule has 2 rings (SSSR count). The van der Waals surface area contributed by atoms with Crippen LogP contribution in [-0.4, -0.2) is 21.9 Å². The molecule has 0 saturated heterocycles. The van der Waals surface area contributed by atoms with E-state index >= 15 is 0 Å². The van der Waals surface area contributed by atoms with Crippen LogP contribution in [-0.2, 0) is 9.59 Å². The molecule has 1 aliphatic rings. The monoisotopic (exact) mass is 292 g/mol. The fourth-order valence-electron chi connectivity index (χ4n) is 2.70. The highest BCUT2D eigenvalue weighted by Crippen LogP contribution is 2.33. The molecule has 0 bridgehead atoms. The predicted molar refractivity (Wildman–Crippen MR) is 74.9 cm³/mol. The van der Waals surface area contributed by atoms with E-state index in [1.165, 1.54) is 18.2 Å². The van der Waals surface area contributed by atoms with Crippen LogP contribution in [0.25, 0.3) is 0 Å². The molecule has 112 valence electrons. The van der Waals surface area contributed by atoms with Crippen LogP contribution in [0.5, 0.6) is 0 Å². The van der Waals surface area contributed by atoms with E-state index in [-0.39, 0.29) is 11.6 Å². The number of aryl methyl sites for hydroxylation is 1. The van der Waals surface area contributed by atoms with Crippen molar-refractivity contribution in [3.05, 3.63) is 33.9 Å². The van der Waals surface area contributed by atoms with E-state index in [9.17, 15) is 19.7 Å². The third-order valence-corrected chi connectivity index (χ3v) is 3.85. The third kappa shape index (κ3) is 3.18. The Kier molecular flexibility index (Phi) is 4.21. The topological polar surface area (TPSA) is 110 Å². The summed E-state index contributed by atoms with van der Waals surface area (Å²) in [4.78, 5) is 33.5. The van der Waals surface area contributed by atoms with Crippen molar-refractivity contribution >= 4 is 23.3 Å². The average Bonchev–Trinajstić information content (AvgIpc) is 2.90. The first-order valence-electron chi connectivity index (χ1n) is 6.69. The summed E-state index contributed by atoms with van der Waals surface area (Å²) in [6.07, 6.45) is 1.77. The molecule has 7 heteroatoms. The van der Waals surface area contributed by atoms with E-state index in [0.717, 1.165) is 0 Å². The number of rotatable bonds is 4. The Morgan fingerprint density at radius 1 is 1.33 bits per heavy atom. The number of anilines is 1. The maximum Gasteiger partial charge on any atom is 0.307 e. The van der Waals surface area contributed by atoms with E-state index in [1.54, 1.807) is 6.92 Å². The number of nitro groups is 1. The molecule has 2 atom stereocenters. The maximum atomic E-state index is 12.2. The van der Waals surface area contributed by atoms with Crippen molar-refractivity contribution in [2.24, 2.45) is 11.8 Å². The van der Waals surface area contributed by atoms with Crippen LogP contribution in [0.1, 0.15) is 24.8 Å². The van der Waals surface area contributed by atoms with Gasteiger partial charge >= 0.3 is 5.97 Å². The number of nitrogens with one attached hydrogen (secondary N) is 1. The van der Waals surface area contributed by atoms with Crippen LogP contribution < -0.4 is 5.32 Å². The summed E-state index contributed by atoms with van der Waals surface area (Å²) in [5.74, 6) is -2.48. The SMILES string of the molecule is Cc1cc([N+](=O)[O-])ccc1NC(=O)[C@@H]1CCC[C@@H]1C(=O)O. The molecule has 0 unspecified atom stereocenters. The number of carbonyl (C=O) groups is 2. The zero-order valence-electron chi connectivity index (χ0n) is 11.5. The molecule has 7 nitrogen and oxygen atoms in total. The second kappa shape index (κ2) is 5.90. The van der Waals surface area contributed by atoms with Gasteiger partial charge in [-0.15, -0.1) is 0 Å². The fourth-order valence-corrected chi connectivity index (χ4v) is 2.70. The Hall–Kier alpha value is -2.44. The van der Waals surface area contributed by atoms with Gasteiger partial charge in [-0.2, -0.15) is 0 Å². The Balaban J connectivity index is 2.13. The Morgan fingerprint density at radius 3 is 2.57 bits per heavy atom. The van der Waals surface area contributed by atoms with Crippen LogP contribution in [0.2, 0.25) is 0 Å². The van der Waals surface area contributed by atoms with E-state index in [0.29, 0.717) is 30.5 Å². The molecule has 2 N–H and O–H groups in total. The Morgan fingerprint density at radius 2 is 2.00 bits per heavy atom. The number of hydrogen-bond acceptors (Lipinski definition) is 4. The van der Waals surface area contributed by atoms with Gasteiger partial charge in [0.15, 0.2) is 0 Å². The number of benzene rings is 1. The van der Waals surface area contributed by atoms with E-state index in [2.05, 4.69) is 5.32 Å². The quantitative estimate of drug-likeness (QED) is 0.653. The first kappa shape index (κ1) is 15.0. The van der Waals surface area contributed by atoms with Crippen molar-refractivity contribution in [2.75, 3.05) is 5.32 Å². The van der Waals surface area contributed by atoms with Crippen molar-refractivity contribution in [3.63, 3.8) is 0 Å². The number of nitro benzene ring substituents is 1. The summed E-state index contributed by atoms with van der Waals surface area (Å²) in [6, 6.07) is 4.15. The summed E-state index contributed by atoms with van der Waals surface area (Å²) in [7, 11) is 0. The van der Waals surface area contributed by atoms with Gasteiger partial charge in [0.1, 0.15) is 0 Å². The summed E-state index contributed by atoms with van der Waals surface area (Å²) in [6.45, 7) is 1.66. The van der Waals surface area contributed by atoms with Gasteiger partial charge < -0.3 is 10.4 Å². The molecular formula is C14H16N2O5. The van der Waals surface area contributed by atoms with Crippen LogP contribution in [0.4, 0.5) is 11.4 Å². The van der Waals surface area contributed by atoms with E-state index < -0.39 is 22.7 Å². The smallest absolute Gasteiger partial charge is 0.307 e. The fraction of sp³-hybridized carbons (Fsp3) is 0.429. The zero-order valence-corrected chi connectivity index (χ0v) is 11.5. The maximum absolute atomic E-state index is 12.2. The number of carbonyl (C=O) groups excluding carboxylic acids is 1. The van der Waals surface area contributed by atoms with Crippen molar-refractivity contribution in [3.8, 4) is 0 Å². The molecule has 0 radical (unpaired) electrons. The lowest BCUT2D eigenvalue weighted by molar-refractivity contribution is -0.384. The highest BCUT2D eigenvalue weighted by molar-refractivity contribution is 5.96. The van der Waals surface area contributed by atoms with Crippen molar-refractivity contribution in [1.29, 1.82) is 0 Å². The second-order valence-electron chi connectivity index (χ2n) is 5.23. The van der Waals surface area contributed by atoms with Gasteiger partial charge in [0, 0.05) is 17.8 Å². The molecular weight excluding hydrogens is 276 g/mol. The van der Waals surface area contributed by atoms with Gasteiger partial charge in [0.2, 0.25) is 5.91 Å². The number of carboxylic acid groups (broad SMARTS) is 1. The molecule has 0 aromatic heterocycles. The van der Waals surface area contributed by atoms with Gasteiger partial charge in [-0.25, -0.2) is 0 Å². The summed E-state index contributed by atoms with van der Waals surface area (Å²) < 4.78 is 0. The predicted octanol–water partition coefficient (Wildman–Crippen LogP) is 2.34.